The van der Waals surface area contributed by atoms with Crippen LogP contribution in [0.5, 0.6) is 0 Å². The van der Waals surface area contributed by atoms with Crippen LogP contribution < -0.4 is 5.56 Å². The van der Waals surface area contributed by atoms with Gasteiger partial charge in [-0.05, 0) is 30.2 Å². The summed E-state index contributed by atoms with van der Waals surface area (Å²) >= 11 is 6.25. The van der Waals surface area contributed by atoms with Crippen molar-refractivity contribution in [2.75, 3.05) is 0 Å². The highest BCUT2D eigenvalue weighted by Crippen LogP contribution is 2.27. The van der Waals surface area contributed by atoms with Crippen molar-refractivity contribution in [3.8, 4) is 11.3 Å². The Morgan fingerprint density at radius 2 is 1.87 bits per heavy atom. The van der Waals surface area contributed by atoms with Crippen LogP contribution in [-0.2, 0) is 6.54 Å². The molecule has 0 saturated heterocycles. The fourth-order valence-corrected chi connectivity index (χ4v) is 3.01. The molecule has 0 amide bonds. The molecule has 1 aliphatic carbocycles. The second kappa shape index (κ2) is 5.89. The van der Waals surface area contributed by atoms with Gasteiger partial charge in [-0.1, -0.05) is 48.0 Å². The van der Waals surface area contributed by atoms with E-state index >= 15 is 0 Å². The van der Waals surface area contributed by atoms with Crippen LogP contribution in [0.2, 0.25) is 5.02 Å². The molecule has 0 atom stereocenters. The predicted molar refractivity (Wildman–Crippen MR) is 89.6 cm³/mol. The van der Waals surface area contributed by atoms with Crippen molar-refractivity contribution in [2.24, 2.45) is 0 Å². The normalized spacial score (nSPS) is 10.9. The molecule has 1 aliphatic heterocycles. The number of aromatic carboxylic acids is 1. The van der Waals surface area contributed by atoms with Gasteiger partial charge in [0.1, 0.15) is 5.56 Å². The molecule has 1 aromatic rings. The van der Waals surface area contributed by atoms with E-state index in [4.69, 9.17) is 11.6 Å². The lowest BCUT2D eigenvalue weighted by atomic mass is 10.1. The van der Waals surface area contributed by atoms with E-state index in [0.29, 0.717) is 16.3 Å². The SMILES string of the molecule is Cc1cccc(Cl)c1Cn1c2cccccc-2c(C(=O)O)c1=O. The summed E-state index contributed by atoms with van der Waals surface area (Å²) in [6.45, 7) is 2.15. The third kappa shape index (κ3) is 2.62. The molecule has 5 heteroatoms. The van der Waals surface area contributed by atoms with Crippen molar-refractivity contribution < 1.29 is 9.90 Å². The van der Waals surface area contributed by atoms with Crippen LogP contribution in [0.3, 0.4) is 0 Å². The topological polar surface area (TPSA) is 59.3 Å². The van der Waals surface area contributed by atoms with Crippen LogP contribution in [-0.4, -0.2) is 15.6 Å². The Hall–Kier alpha value is -2.59. The first-order valence-corrected chi connectivity index (χ1v) is 7.47. The maximum atomic E-state index is 12.6. The monoisotopic (exact) mass is 327 g/mol. The van der Waals surface area contributed by atoms with Crippen molar-refractivity contribution >= 4 is 17.6 Å². The Balaban J connectivity index is 2.26. The van der Waals surface area contributed by atoms with E-state index in [0.717, 1.165) is 11.1 Å². The fraction of sp³-hybridized carbons (Fsp3) is 0.111. The minimum Gasteiger partial charge on any atom is -0.477 e. The minimum atomic E-state index is -1.22. The predicted octanol–water partition coefficient (Wildman–Crippen LogP) is 3.66. The summed E-state index contributed by atoms with van der Waals surface area (Å²) < 4.78 is 1.47. The number of hydrogen-bond acceptors (Lipinski definition) is 2. The third-order valence-electron chi connectivity index (χ3n) is 3.92. The number of halogens is 1. The molecule has 0 radical (unpaired) electrons. The molecule has 0 aromatic heterocycles. The summed E-state index contributed by atoms with van der Waals surface area (Å²) in [5, 5.41) is 9.95. The molecule has 0 saturated carbocycles. The first-order chi connectivity index (χ1) is 11.0. The highest BCUT2D eigenvalue weighted by molar-refractivity contribution is 6.31. The number of carbonyl (C=O) groups is 1. The first kappa shape index (κ1) is 15.3. The number of aromatic nitrogens is 1. The van der Waals surface area contributed by atoms with Crippen molar-refractivity contribution in [2.45, 2.75) is 13.5 Å². The van der Waals surface area contributed by atoms with E-state index in [9.17, 15) is 14.7 Å². The zero-order valence-corrected chi connectivity index (χ0v) is 13.2. The summed E-state index contributed by atoms with van der Waals surface area (Å²) in [5.41, 5.74) is 2.05. The van der Waals surface area contributed by atoms with Gasteiger partial charge in [-0.25, -0.2) is 4.79 Å². The minimum absolute atomic E-state index is 0.207. The number of aryl methyl sites for hydroxylation is 1. The first-order valence-electron chi connectivity index (χ1n) is 7.09. The molecule has 116 valence electrons. The Morgan fingerprint density at radius 3 is 2.57 bits per heavy atom. The number of fused-ring (bicyclic) bond motifs is 1. The number of carboxylic acid groups (broad SMARTS) is 1. The molecule has 23 heavy (non-hydrogen) atoms. The summed E-state index contributed by atoms with van der Waals surface area (Å²) in [5.74, 6) is -1.22. The molecule has 0 fully saturated rings. The van der Waals surface area contributed by atoms with Gasteiger partial charge in [0.25, 0.3) is 5.56 Å². The highest BCUT2D eigenvalue weighted by atomic mass is 35.5. The smallest absolute Gasteiger partial charge is 0.342 e. The summed E-state index contributed by atoms with van der Waals surface area (Å²) in [4.78, 5) is 24.1. The van der Waals surface area contributed by atoms with Crippen molar-refractivity contribution in [3.63, 3.8) is 0 Å². The highest BCUT2D eigenvalue weighted by Gasteiger charge is 2.24. The van der Waals surface area contributed by atoms with E-state index in [-0.39, 0.29) is 12.1 Å². The largest absolute Gasteiger partial charge is 0.477 e. The molecule has 1 N–H and O–H groups in total. The molecule has 0 spiro atoms. The Labute approximate surface area is 137 Å². The van der Waals surface area contributed by atoms with E-state index in [2.05, 4.69) is 0 Å². The van der Waals surface area contributed by atoms with Crippen LogP contribution in [0.15, 0.2) is 53.3 Å². The molecular formula is C18H14ClNO3. The molecule has 0 bridgehead atoms. The zero-order valence-electron chi connectivity index (χ0n) is 12.4. The standard InChI is InChI=1S/C18H14ClNO3/c1-11-6-5-8-14(19)13(11)10-20-15-9-4-2-3-7-12(15)16(17(20)21)18(22)23/h2-9H,10H2,1H3,(H,22,23). The lowest BCUT2D eigenvalue weighted by Crippen LogP contribution is -2.21. The van der Waals surface area contributed by atoms with Gasteiger partial charge in [-0.3, -0.25) is 4.79 Å². The fourth-order valence-electron chi connectivity index (χ4n) is 2.73. The lowest BCUT2D eigenvalue weighted by molar-refractivity contribution is 0.0696. The average molecular weight is 328 g/mol. The van der Waals surface area contributed by atoms with Crippen LogP contribution in [0.4, 0.5) is 0 Å². The summed E-state index contributed by atoms with van der Waals surface area (Å²) in [7, 11) is 0. The molecule has 3 rings (SSSR count). The second-order valence-electron chi connectivity index (χ2n) is 5.32. The Bertz CT molecular complexity index is 910. The molecule has 1 heterocycles. The Kier molecular flexibility index (Phi) is 3.92. The quantitative estimate of drug-likeness (QED) is 0.798. The second-order valence-corrected chi connectivity index (χ2v) is 5.72. The van der Waals surface area contributed by atoms with Gasteiger partial charge in [-0.2, -0.15) is 0 Å². The van der Waals surface area contributed by atoms with E-state index in [1.165, 1.54) is 4.57 Å². The van der Waals surface area contributed by atoms with E-state index < -0.39 is 11.5 Å². The van der Waals surface area contributed by atoms with Gasteiger partial charge in [0, 0.05) is 10.6 Å². The van der Waals surface area contributed by atoms with Crippen molar-refractivity contribution in [1.82, 2.24) is 4.57 Å². The summed E-state index contributed by atoms with van der Waals surface area (Å²) in [6, 6.07) is 14.2. The van der Waals surface area contributed by atoms with Crippen LogP contribution in [0, 0.1) is 6.92 Å². The molecule has 1 aromatic carbocycles. The lowest BCUT2D eigenvalue weighted by Gasteiger charge is -2.10. The van der Waals surface area contributed by atoms with Gasteiger partial charge in [-0.15, -0.1) is 0 Å². The number of hydrogen-bond donors (Lipinski definition) is 1. The Morgan fingerprint density at radius 1 is 1.13 bits per heavy atom. The maximum absolute atomic E-state index is 12.6. The van der Waals surface area contributed by atoms with Gasteiger partial charge in [0.15, 0.2) is 0 Å². The van der Waals surface area contributed by atoms with Gasteiger partial charge < -0.3 is 9.67 Å². The van der Waals surface area contributed by atoms with Crippen molar-refractivity contribution in [3.05, 3.63) is 80.6 Å². The van der Waals surface area contributed by atoms with Crippen molar-refractivity contribution in [1.29, 1.82) is 0 Å². The third-order valence-corrected chi connectivity index (χ3v) is 4.27. The maximum Gasteiger partial charge on any atom is 0.342 e. The zero-order chi connectivity index (χ0) is 16.6. The van der Waals surface area contributed by atoms with Gasteiger partial charge in [0.2, 0.25) is 0 Å². The molecule has 2 aliphatic rings. The summed E-state index contributed by atoms with van der Waals surface area (Å²) in [6.07, 6.45) is 0. The number of nitrogens with zero attached hydrogens (tertiary/aromatic N) is 1. The molecule has 0 unspecified atom stereocenters. The van der Waals surface area contributed by atoms with E-state index in [1.807, 2.05) is 19.1 Å². The van der Waals surface area contributed by atoms with Gasteiger partial charge >= 0.3 is 5.97 Å². The van der Waals surface area contributed by atoms with Crippen LogP contribution in [0.1, 0.15) is 21.5 Å². The number of carboxylic acids is 1. The van der Waals surface area contributed by atoms with Gasteiger partial charge in [0.05, 0.1) is 12.2 Å². The molecule has 4 nitrogen and oxygen atoms in total. The van der Waals surface area contributed by atoms with Crippen LogP contribution in [0.25, 0.3) is 11.3 Å². The number of rotatable bonds is 3. The average Bonchev–Trinajstić information content (AvgIpc) is 2.65. The van der Waals surface area contributed by atoms with E-state index in [1.54, 1.807) is 36.4 Å². The number of benzene rings is 1. The molecular weight excluding hydrogens is 314 g/mol. The van der Waals surface area contributed by atoms with Crippen LogP contribution >= 0.6 is 11.6 Å².